The molecule has 4 nitrogen and oxygen atoms in total. The Kier molecular flexibility index (Phi) is 9.19. The summed E-state index contributed by atoms with van der Waals surface area (Å²) < 4.78 is 0. The first-order valence-corrected chi connectivity index (χ1v) is 13.7. The monoisotopic (exact) mass is 512 g/mol. The second-order valence-electron chi connectivity index (χ2n) is 12.6. The maximum absolute atomic E-state index is 10.8. The van der Waals surface area contributed by atoms with Crippen LogP contribution in [0, 0.1) is 10.8 Å². The fourth-order valence-electron chi connectivity index (χ4n) is 4.68. The van der Waals surface area contributed by atoms with E-state index in [4.69, 9.17) is 0 Å². The highest BCUT2D eigenvalue weighted by Crippen LogP contribution is 2.31. The molecule has 3 aromatic rings. The second kappa shape index (κ2) is 12.0. The molecule has 202 valence electrons. The van der Waals surface area contributed by atoms with E-state index < -0.39 is 0 Å². The summed E-state index contributed by atoms with van der Waals surface area (Å²) in [7, 11) is 0. The van der Waals surface area contributed by atoms with Crippen molar-refractivity contribution in [2.75, 3.05) is 0 Å². The predicted molar refractivity (Wildman–Crippen MR) is 162 cm³/mol. The van der Waals surface area contributed by atoms with Crippen molar-refractivity contribution in [3.05, 3.63) is 81.9 Å². The van der Waals surface area contributed by atoms with Gasteiger partial charge in [0.25, 0.3) is 0 Å². The first kappa shape index (κ1) is 29.2. The molecule has 0 unspecified atom stereocenters. The standard InChI is InChI=1S/C34H44N2O2/c1-9-25-14-23(19-33(3,4)5)16-27(31(25)37)21-35-29-12-11-13-30(18-29)36-22-28-17-24(20-34(6,7)8)15-26(10-2)32(28)38/h11-18,21-22,37-38H,9-10,19-20H2,1-8H3. The first-order chi connectivity index (χ1) is 17.8. The molecule has 4 heteroatoms. The Morgan fingerprint density at radius 2 is 1.03 bits per heavy atom. The molecule has 0 amide bonds. The Balaban J connectivity index is 1.89. The van der Waals surface area contributed by atoms with Crippen molar-refractivity contribution in [1.29, 1.82) is 0 Å². The average molecular weight is 513 g/mol. The van der Waals surface area contributed by atoms with Crippen molar-refractivity contribution < 1.29 is 10.2 Å². The van der Waals surface area contributed by atoms with Crippen molar-refractivity contribution in [1.82, 2.24) is 0 Å². The fourth-order valence-corrected chi connectivity index (χ4v) is 4.68. The van der Waals surface area contributed by atoms with Crippen LogP contribution in [0.2, 0.25) is 0 Å². The highest BCUT2D eigenvalue weighted by molar-refractivity contribution is 5.88. The Labute approximate surface area is 229 Å². The largest absolute Gasteiger partial charge is 0.507 e. The third-order valence-corrected chi connectivity index (χ3v) is 6.32. The smallest absolute Gasteiger partial charge is 0.127 e. The molecule has 0 aliphatic carbocycles. The van der Waals surface area contributed by atoms with Crippen molar-refractivity contribution in [3.8, 4) is 11.5 Å². The molecule has 0 saturated heterocycles. The van der Waals surface area contributed by atoms with Gasteiger partial charge >= 0.3 is 0 Å². The SMILES string of the molecule is CCc1cc(CC(C)(C)C)cc(C=Nc2cccc(N=Cc3cc(CC(C)(C)C)cc(CC)c3O)c2)c1O. The van der Waals surface area contributed by atoms with Crippen LogP contribution in [0.5, 0.6) is 11.5 Å². The second-order valence-corrected chi connectivity index (χ2v) is 12.6. The Bertz CT molecular complexity index is 1220. The lowest BCUT2D eigenvalue weighted by atomic mass is 9.86. The van der Waals surface area contributed by atoms with Crippen LogP contribution in [0.15, 0.2) is 58.5 Å². The molecule has 38 heavy (non-hydrogen) atoms. The molecule has 0 heterocycles. The van der Waals surface area contributed by atoms with E-state index in [1.165, 1.54) is 11.1 Å². The van der Waals surface area contributed by atoms with Gasteiger partial charge in [0.15, 0.2) is 0 Å². The minimum absolute atomic E-state index is 0.154. The first-order valence-electron chi connectivity index (χ1n) is 13.7. The zero-order valence-corrected chi connectivity index (χ0v) is 24.4. The summed E-state index contributed by atoms with van der Waals surface area (Å²) in [6.07, 6.45) is 6.85. The quantitative estimate of drug-likeness (QED) is 0.296. The van der Waals surface area contributed by atoms with Crippen molar-refractivity contribution >= 4 is 23.8 Å². The highest BCUT2D eigenvalue weighted by Gasteiger charge is 2.16. The van der Waals surface area contributed by atoms with E-state index in [9.17, 15) is 10.2 Å². The molecular formula is C34H44N2O2. The number of aryl methyl sites for hydroxylation is 2. The van der Waals surface area contributed by atoms with Gasteiger partial charge < -0.3 is 10.2 Å². The molecule has 0 aromatic heterocycles. The zero-order chi connectivity index (χ0) is 28.1. The van der Waals surface area contributed by atoms with Crippen molar-refractivity contribution in [3.63, 3.8) is 0 Å². The van der Waals surface area contributed by atoms with E-state index in [0.29, 0.717) is 11.5 Å². The lowest BCUT2D eigenvalue weighted by molar-refractivity contribution is 0.410. The number of aliphatic imine (C=N–C) groups is 2. The number of nitrogens with zero attached hydrogens (tertiary/aromatic N) is 2. The van der Waals surface area contributed by atoms with Crippen LogP contribution in [0.3, 0.4) is 0 Å². The Morgan fingerprint density at radius 1 is 0.632 bits per heavy atom. The predicted octanol–water partition coefficient (Wildman–Crippen LogP) is 8.90. The molecular weight excluding hydrogens is 468 g/mol. The van der Waals surface area contributed by atoms with E-state index >= 15 is 0 Å². The van der Waals surface area contributed by atoms with Crippen LogP contribution >= 0.6 is 0 Å². The summed E-state index contributed by atoms with van der Waals surface area (Å²) in [6.45, 7) is 17.4. The number of hydrogen-bond donors (Lipinski definition) is 2. The molecule has 0 aliphatic rings. The van der Waals surface area contributed by atoms with Crippen LogP contribution in [0.25, 0.3) is 0 Å². The number of phenols is 2. The van der Waals surface area contributed by atoms with Crippen molar-refractivity contribution in [2.45, 2.75) is 81.1 Å². The molecule has 0 saturated carbocycles. The third kappa shape index (κ3) is 8.31. The molecule has 0 fully saturated rings. The zero-order valence-electron chi connectivity index (χ0n) is 24.4. The number of phenolic OH excluding ortho intramolecular Hbond substituents is 2. The van der Waals surface area contributed by atoms with Gasteiger partial charge in [-0.25, -0.2) is 0 Å². The summed E-state index contributed by atoms with van der Waals surface area (Å²) in [5.74, 6) is 0.584. The summed E-state index contributed by atoms with van der Waals surface area (Å²) >= 11 is 0. The maximum atomic E-state index is 10.8. The van der Waals surface area contributed by atoms with Crippen LogP contribution in [-0.2, 0) is 25.7 Å². The Hall–Kier alpha value is -3.40. The molecule has 0 atom stereocenters. The van der Waals surface area contributed by atoms with Gasteiger partial charge in [-0.1, -0.05) is 73.6 Å². The average Bonchev–Trinajstić information content (AvgIpc) is 2.82. The number of hydrogen-bond acceptors (Lipinski definition) is 4. The molecule has 0 bridgehead atoms. The van der Waals surface area contributed by atoms with Gasteiger partial charge in [0.2, 0.25) is 0 Å². The minimum Gasteiger partial charge on any atom is -0.507 e. The van der Waals surface area contributed by atoms with Gasteiger partial charge in [0, 0.05) is 23.6 Å². The van der Waals surface area contributed by atoms with Gasteiger partial charge in [-0.3, -0.25) is 9.98 Å². The summed E-state index contributed by atoms with van der Waals surface area (Å²) in [4.78, 5) is 9.31. The molecule has 0 spiro atoms. The van der Waals surface area contributed by atoms with E-state index in [-0.39, 0.29) is 10.8 Å². The number of rotatable bonds is 8. The summed E-state index contributed by atoms with van der Waals surface area (Å²) in [5, 5.41) is 21.6. The van der Waals surface area contributed by atoms with Crippen LogP contribution in [0.4, 0.5) is 11.4 Å². The molecule has 0 aliphatic heterocycles. The van der Waals surface area contributed by atoms with Crippen molar-refractivity contribution in [2.24, 2.45) is 20.8 Å². The lowest BCUT2D eigenvalue weighted by Gasteiger charge is -2.19. The molecule has 0 radical (unpaired) electrons. The van der Waals surface area contributed by atoms with E-state index in [2.05, 4.69) is 77.5 Å². The van der Waals surface area contributed by atoms with E-state index in [0.717, 1.165) is 59.3 Å². The van der Waals surface area contributed by atoms with Gasteiger partial charge in [0.05, 0.1) is 11.4 Å². The van der Waals surface area contributed by atoms with E-state index in [1.807, 2.05) is 36.4 Å². The topological polar surface area (TPSA) is 65.2 Å². The normalized spacial score (nSPS) is 12.6. The van der Waals surface area contributed by atoms with Crippen LogP contribution in [0.1, 0.15) is 88.8 Å². The van der Waals surface area contributed by atoms with Crippen LogP contribution < -0.4 is 0 Å². The maximum Gasteiger partial charge on any atom is 0.127 e. The van der Waals surface area contributed by atoms with Crippen LogP contribution in [-0.4, -0.2) is 22.6 Å². The van der Waals surface area contributed by atoms with E-state index in [1.54, 1.807) is 12.4 Å². The molecule has 2 N–H and O–H groups in total. The van der Waals surface area contributed by atoms with Gasteiger partial charge in [-0.15, -0.1) is 0 Å². The lowest BCUT2D eigenvalue weighted by Crippen LogP contribution is -2.10. The van der Waals surface area contributed by atoms with Gasteiger partial charge in [0.1, 0.15) is 11.5 Å². The summed E-state index contributed by atoms with van der Waals surface area (Å²) in [5.41, 5.74) is 7.53. The third-order valence-electron chi connectivity index (χ3n) is 6.32. The highest BCUT2D eigenvalue weighted by atomic mass is 16.3. The fraction of sp³-hybridized carbons (Fsp3) is 0.412. The summed E-state index contributed by atoms with van der Waals surface area (Å²) in [6, 6.07) is 15.9. The Morgan fingerprint density at radius 3 is 1.37 bits per heavy atom. The molecule has 3 rings (SSSR count). The van der Waals surface area contributed by atoms with Gasteiger partial charge in [-0.2, -0.15) is 0 Å². The van der Waals surface area contributed by atoms with Gasteiger partial charge in [-0.05, 0) is 89.1 Å². The number of aromatic hydroxyl groups is 2. The number of benzene rings is 3. The minimum atomic E-state index is 0.154. The molecule has 3 aromatic carbocycles.